The third kappa shape index (κ3) is 2.46. The van der Waals surface area contributed by atoms with Crippen LogP contribution in [0.25, 0.3) is 0 Å². The summed E-state index contributed by atoms with van der Waals surface area (Å²) < 4.78 is 21.7. The van der Waals surface area contributed by atoms with E-state index in [-0.39, 0.29) is 19.0 Å². The summed E-state index contributed by atoms with van der Waals surface area (Å²) in [6.45, 7) is 3.57. The van der Waals surface area contributed by atoms with Crippen molar-refractivity contribution < 1.29 is 33.3 Å². The van der Waals surface area contributed by atoms with E-state index in [2.05, 4.69) is 0 Å². The van der Waals surface area contributed by atoms with Gasteiger partial charge in [-0.15, -0.1) is 0 Å². The number of hydrogen-bond donors (Lipinski definition) is 0. The molecule has 1 fully saturated rings. The van der Waals surface area contributed by atoms with Gasteiger partial charge in [-0.05, 0) is 13.8 Å². The number of ketones is 1. The molecule has 0 N–H and O–H groups in total. The van der Waals surface area contributed by atoms with Crippen LogP contribution in [-0.2, 0) is 34.3 Å². The van der Waals surface area contributed by atoms with Gasteiger partial charge in [0.1, 0.15) is 17.9 Å². The first kappa shape index (κ1) is 17.6. The van der Waals surface area contributed by atoms with E-state index in [9.17, 15) is 14.4 Å². The van der Waals surface area contributed by atoms with Gasteiger partial charge in [-0.3, -0.25) is 14.4 Å². The summed E-state index contributed by atoms with van der Waals surface area (Å²) in [5.41, 5.74) is 0.797. The molecule has 0 radical (unpaired) electrons. The van der Waals surface area contributed by atoms with Gasteiger partial charge in [0, 0.05) is 18.2 Å². The Hall–Kier alpha value is -2.25. The Balaban J connectivity index is 2.19. The highest BCUT2D eigenvalue weighted by molar-refractivity contribution is 6.06. The molecular formula is C18H20O7. The molecule has 0 aromatic heterocycles. The van der Waals surface area contributed by atoms with Gasteiger partial charge >= 0.3 is 11.9 Å². The fourth-order valence-electron chi connectivity index (χ4n) is 3.67. The highest BCUT2D eigenvalue weighted by atomic mass is 16.7. The van der Waals surface area contributed by atoms with Crippen molar-refractivity contribution in [2.75, 3.05) is 20.3 Å². The Morgan fingerprint density at radius 1 is 1.12 bits per heavy atom. The van der Waals surface area contributed by atoms with E-state index in [4.69, 9.17) is 18.9 Å². The van der Waals surface area contributed by atoms with Crippen LogP contribution >= 0.6 is 0 Å². The van der Waals surface area contributed by atoms with Crippen LogP contribution in [0.15, 0.2) is 24.3 Å². The number of esters is 2. The fourth-order valence-corrected chi connectivity index (χ4v) is 3.67. The number of carbonyl (C=O) groups is 3. The minimum absolute atomic E-state index is 0.124. The molecule has 2 heterocycles. The van der Waals surface area contributed by atoms with E-state index in [0.717, 1.165) is 0 Å². The van der Waals surface area contributed by atoms with Crippen molar-refractivity contribution >= 4 is 17.7 Å². The Kier molecular flexibility index (Phi) is 4.62. The predicted octanol–water partition coefficient (Wildman–Crippen LogP) is 1.44. The van der Waals surface area contributed by atoms with Gasteiger partial charge < -0.3 is 18.9 Å². The maximum absolute atomic E-state index is 12.8. The zero-order valence-corrected chi connectivity index (χ0v) is 14.3. The van der Waals surface area contributed by atoms with Crippen LogP contribution in [0, 0.1) is 11.8 Å². The van der Waals surface area contributed by atoms with Gasteiger partial charge in [0.15, 0.2) is 5.78 Å². The van der Waals surface area contributed by atoms with Crippen molar-refractivity contribution in [3.05, 3.63) is 35.4 Å². The van der Waals surface area contributed by atoms with Crippen molar-refractivity contribution in [3.8, 4) is 0 Å². The van der Waals surface area contributed by atoms with Crippen LogP contribution in [0.2, 0.25) is 0 Å². The van der Waals surface area contributed by atoms with E-state index in [1.54, 1.807) is 38.1 Å². The quantitative estimate of drug-likeness (QED) is 0.744. The molecule has 0 unspecified atom stereocenters. The summed E-state index contributed by atoms with van der Waals surface area (Å²) in [6, 6.07) is 6.73. The predicted molar refractivity (Wildman–Crippen MR) is 84.6 cm³/mol. The van der Waals surface area contributed by atoms with E-state index >= 15 is 0 Å². The number of benzene rings is 1. The summed E-state index contributed by atoms with van der Waals surface area (Å²) in [5.74, 6) is -5.51. The third-order valence-electron chi connectivity index (χ3n) is 4.63. The number of carbonyl (C=O) groups excluding carboxylic acids is 3. The topological polar surface area (TPSA) is 88.1 Å². The Bertz CT molecular complexity index is 713. The molecule has 7 heteroatoms. The van der Waals surface area contributed by atoms with Crippen LogP contribution in [0.3, 0.4) is 0 Å². The Morgan fingerprint density at radius 3 is 2.40 bits per heavy atom. The standard InChI is InChI=1S/C18H20O7/c1-4-23-16(20)12-13(17(21)24-5-2)18(22-3)11-9-7-6-8-10(11)14(19)15(12)25-18/h6-9,12-13,15H,4-5H2,1-3H3/t12-,13+,15-,18-/m1/s1. The fraction of sp³-hybridized carbons (Fsp3) is 0.500. The average Bonchev–Trinajstić information content (AvgIpc) is 2.94. The normalized spacial score (nSPS) is 29.9. The molecule has 1 aromatic carbocycles. The second-order valence-corrected chi connectivity index (χ2v) is 5.83. The van der Waals surface area contributed by atoms with Crippen LogP contribution in [0.4, 0.5) is 0 Å². The van der Waals surface area contributed by atoms with Crippen molar-refractivity contribution in [1.29, 1.82) is 0 Å². The lowest BCUT2D eigenvalue weighted by Crippen LogP contribution is -2.44. The summed E-state index contributed by atoms with van der Waals surface area (Å²) in [7, 11) is 1.38. The molecule has 0 saturated carbocycles. The average molecular weight is 348 g/mol. The summed E-state index contributed by atoms with van der Waals surface area (Å²) >= 11 is 0. The molecule has 0 aliphatic carbocycles. The molecule has 3 rings (SSSR count). The molecule has 7 nitrogen and oxygen atoms in total. The van der Waals surface area contributed by atoms with Crippen molar-refractivity contribution in [2.45, 2.75) is 25.7 Å². The number of hydrogen-bond acceptors (Lipinski definition) is 7. The molecule has 134 valence electrons. The molecule has 0 amide bonds. The summed E-state index contributed by atoms with van der Waals surface area (Å²) in [6.07, 6.45) is -1.15. The zero-order valence-electron chi connectivity index (χ0n) is 14.3. The Morgan fingerprint density at radius 2 is 1.76 bits per heavy atom. The van der Waals surface area contributed by atoms with Crippen molar-refractivity contribution in [1.82, 2.24) is 0 Å². The van der Waals surface area contributed by atoms with Crippen LogP contribution in [0.1, 0.15) is 29.8 Å². The van der Waals surface area contributed by atoms with E-state index < -0.39 is 35.7 Å². The molecule has 2 bridgehead atoms. The van der Waals surface area contributed by atoms with E-state index in [0.29, 0.717) is 11.1 Å². The minimum atomic E-state index is -1.56. The molecule has 25 heavy (non-hydrogen) atoms. The van der Waals surface area contributed by atoms with E-state index in [1.807, 2.05) is 0 Å². The second-order valence-electron chi connectivity index (χ2n) is 5.83. The summed E-state index contributed by atoms with van der Waals surface area (Å²) in [4.78, 5) is 38.1. The first-order chi connectivity index (χ1) is 12.0. The second kappa shape index (κ2) is 6.57. The van der Waals surface area contributed by atoms with Gasteiger partial charge in [0.2, 0.25) is 5.79 Å². The summed E-state index contributed by atoms with van der Waals surface area (Å²) in [5, 5.41) is 0. The molecule has 1 saturated heterocycles. The SMILES string of the molecule is CCOC(=O)[C@@H]1[C@@H](C(=O)OCC)[C@]2(OC)O[C@H]1C(=O)c1ccccc12. The highest BCUT2D eigenvalue weighted by Gasteiger charge is 2.68. The Labute approximate surface area is 145 Å². The minimum Gasteiger partial charge on any atom is -0.466 e. The van der Waals surface area contributed by atoms with Gasteiger partial charge in [-0.2, -0.15) is 0 Å². The number of ether oxygens (including phenoxy) is 4. The largest absolute Gasteiger partial charge is 0.466 e. The molecule has 2 aliphatic rings. The first-order valence-electron chi connectivity index (χ1n) is 8.21. The first-order valence-corrected chi connectivity index (χ1v) is 8.21. The lowest BCUT2D eigenvalue weighted by atomic mass is 9.84. The lowest BCUT2D eigenvalue weighted by Gasteiger charge is -2.35. The number of Topliss-reactive ketones (excluding diaryl/α,β-unsaturated/α-hetero) is 1. The van der Waals surface area contributed by atoms with Gasteiger partial charge in [-0.25, -0.2) is 0 Å². The number of methoxy groups -OCH3 is 1. The van der Waals surface area contributed by atoms with Crippen LogP contribution in [-0.4, -0.2) is 44.1 Å². The number of fused-ring (bicyclic) bond motifs is 4. The highest BCUT2D eigenvalue weighted by Crippen LogP contribution is 2.54. The monoisotopic (exact) mass is 348 g/mol. The molecular weight excluding hydrogens is 328 g/mol. The zero-order chi connectivity index (χ0) is 18.2. The maximum atomic E-state index is 12.8. The molecule has 0 spiro atoms. The molecule has 2 aliphatic heterocycles. The van der Waals surface area contributed by atoms with Gasteiger partial charge in [0.25, 0.3) is 0 Å². The van der Waals surface area contributed by atoms with Crippen molar-refractivity contribution in [3.63, 3.8) is 0 Å². The van der Waals surface area contributed by atoms with Crippen LogP contribution in [0.5, 0.6) is 0 Å². The third-order valence-corrected chi connectivity index (χ3v) is 4.63. The van der Waals surface area contributed by atoms with E-state index in [1.165, 1.54) is 7.11 Å². The smallest absolute Gasteiger partial charge is 0.315 e. The molecule has 4 atom stereocenters. The lowest BCUT2D eigenvalue weighted by molar-refractivity contribution is -0.241. The van der Waals surface area contributed by atoms with Crippen LogP contribution < -0.4 is 0 Å². The molecule has 1 aromatic rings. The van der Waals surface area contributed by atoms with Gasteiger partial charge in [0.05, 0.1) is 13.2 Å². The number of rotatable bonds is 5. The maximum Gasteiger partial charge on any atom is 0.315 e. The van der Waals surface area contributed by atoms with Crippen molar-refractivity contribution in [2.24, 2.45) is 11.8 Å². The van der Waals surface area contributed by atoms with Gasteiger partial charge in [-0.1, -0.05) is 24.3 Å².